The van der Waals surface area contributed by atoms with Crippen molar-refractivity contribution in [2.75, 3.05) is 11.9 Å². The SMILES string of the molecule is O=C1NCCCC1Nc1cc(-c2ccccc2F)nc2ccnn12. The molecule has 1 saturated heterocycles. The minimum atomic E-state index is -0.338. The largest absolute Gasteiger partial charge is 0.358 e. The number of fused-ring (bicyclic) bond motifs is 1. The monoisotopic (exact) mass is 325 g/mol. The van der Waals surface area contributed by atoms with E-state index in [0.29, 0.717) is 29.3 Å². The number of carbonyl (C=O) groups is 1. The highest BCUT2D eigenvalue weighted by molar-refractivity contribution is 5.85. The first-order valence-electron chi connectivity index (χ1n) is 7.86. The zero-order chi connectivity index (χ0) is 16.5. The lowest BCUT2D eigenvalue weighted by Crippen LogP contribution is -2.44. The molecule has 1 unspecified atom stereocenters. The number of carbonyl (C=O) groups excluding carboxylic acids is 1. The molecule has 0 radical (unpaired) electrons. The Morgan fingerprint density at radius 1 is 1.29 bits per heavy atom. The second-order valence-corrected chi connectivity index (χ2v) is 5.74. The van der Waals surface area contributed by atoms with E-state index in [1.54, 1.807) is 41.0 Å². The van der Waals surface area contributed by atoms with Crippen LogP contribution in [-0.4, -0.2) is 33.1 Å². The number of anilines is 1. The van der Waals surface area contributed by atoms with Crippen molar-refractivity contribution in [2.24, 2.45) is 0 Å². The van der Waals surface area contributed by atoms with E-state index in [2.05, 4.69) is 20.7 Å². The molecule has 1 aliphatic heterocycles. The summed E-state index contributed by atoms with van der Waals surface area (Å²) in [7, 11) is 0. The lowest BCUT2D eigenvalue weighted by Gasteiger charge is -2.24. The van der Waals surface area contributed by atoms with Crippen LogP contribution in [0, 0.1) is 5.82 Å². The third-order valence-corrected chi connectivity index (χ3v) is 4.12. The minimum absolute atomic E-state index is 0.0363. The van der Waals surface area contributed by atoms with Crippen molar-refractivity contribution < 1.29 is 9.18 Å². The lowest BCUT2D eigenvalue weighted by molar-refractivity contribution is -0.123. The fraction of sp³-hybridized carbons (Fsp3) is 0.235. The van der Waals surface area contributed by atoms with Gasteiger partial charge in [0.1, 0.15) is 17.7 Å². The van der Waals surface area contributed by atoms with Gasteiger partial charge in [0.2, 0.25) is 5.91 Å². The molecular formula is C17H16FN5O. The molecule has 122 valence electrons. The van der Waals surface area contributed by atoms with Crippen molar-refractivity contribution in [3.8, 4) is 11.3 Å². The third-order valence-electron chi connectivity index (χ3n) is 4.12. The molecule has 3 heterocycles. The fourth-order valence-corrected chi connectivity index (χ4v) is 2.91. The van der Waals surface area contributed by atoms with Gasteiger partial charge in [-0.25, -0.2) is 9.37 Å². The second kappa shape index (κ2) is 5.92. The smallest absolute Gasteiger partial charge is 0.242 e. The summed E-state index contributed by atoms with van der Waals surface area (Å²) in [6.07, 6.45) is 3.28. The van der Waals surface area contributed by atoms with Gasteiger partial charge in [0.15, 0.2) is 5.65 Å². The van der Waals surface area contributed by atoms with Crippen LogP contribution in [0.3, 0.4) is 0 Å². The molecule has 0 spiro atoms. The van der Waals surface area contributed by atoms with Crippen molar-refractivity contribution >= 4 is 17.4 Å². The summed E-state index contributed by atoms with van der Waals surface area (Å²) in [5.41, 5.74) is 1.51. The first-order valence-corrected chi connectivity index (χ1v) is 7.86. The van der Waals surface area contributed by atoms with Crippen molar-refractivity contribution in [3.63, 3.8) is 0 Å². The molecule has 7 heteroatoms. The predicted octanol–water partition coefficient (Wildman–Crippen LogP) is 2.23. The number of amides is 1. The first kappa shape index (κ1) is 14.6. The number of hydrogen-bond donors (Lipinski definition) is 2. The average molecular weight is 325 g/mol. The Kier molecular flexibility index (Phi) is 3.60. The Labute approximate surface area is 137 Å². The second-order valence-electron chi connectivity index (χ2n) is 5.74. The van der Waals surface area contributed by atoms with Crippen LogP contribution >= 0.6 is 0 Å². The summed E-state index contributed by atoms with van der Waals surface area (Å²) >= 11 is 0. The number of nitrogens with zero attached hydrogens (tertiary/aromatic N) is 3. The van der Waals surface area contributed by atoms with Crippen LogP contribution in [0.25, 0.3) is 16.9 Å². The van der Waals surface area contributed by atoms with Crippen LogP contribution in [0.4, 0.5) is 10.2 Å². The van der Waals surface area contributed by atoms with Crippen LogP contribution in [0.15, 0.2) is 42.6 Å². The summed E-state index contributed by atoms with van der Waals surface area (Å²) in [5.74, 6) is 0.242. The lowest BCUT2D eigenvalue weighted by atomic mass is 10.1. The van der Waals surface area contributed by atoms with Crippen LogP contribution in [0.1, 0.15) is 12.8 Å². The first-order chi connectivity index (χ1) is 11.7. The van der Waals surface area contributed by atoms with Gasteiger partial charge in [-0.15, -0.1) is 0 Å². The van der Waals surface area contributed by atoms with Crippen LogP contribution in [0.2, 0.25) is 0 Å². The zero-order valence-corrected chi connectivity index (χ0v) is 12.9. The van der Waals surface area contributed by atoms with E-state index >= 15 is 0 Å². The maximum Gasteiger partial charge on any atom is 0.242 e. The number of nitrogens with one attached hydrogen (secondary N) is 2. The summed E-state index contributed by atoms with van der Waals surface area (Å²) in [5, 5.41) is 10.3. The molecule has 2 N–H and O–H groups in total. The van der Waals surface area contributed by atoms with Crippen LogP contribution < -0.4 is 10.6 Å². The van der Waals surface area contributed by atoms with Gasteiger partial charge in [-0.2, -0.15) is 9.61 Å². The molecule has 1 fully saturated rings. The van der Waals surface area contributed by atoms with Gasteiger partial charge in [0, 0.05) is 24.2 Å². The Bertz CT molecular complexity index is 907. The fourth-order valence-electron chi connectivity index (χ4n) is 2.91. The quantitative estimate of drug-likeness (QED) is 0.775. The molecule has 1 aliphatic rings. The van der Waals surface area contributed by atoms with Crippen molar-refractivity contribution in [1.29, 1.82) is 0 Å². The van der Waals surface area contributed by atoms with E-state index < -0.39 is 0 Å². The zero-order valence-electron chi connectivity index (χ0n) is 12.9. The molecule has 6 nitrogen and oxygen atoms in total. The Morgan fingerprint density at radius 3 is 3.00 bits per heavy atom. The highest BCUT2D eigenvalue weighted by Gasteiger charge is 2.23. The van der Waals surface area contributed by atoms with Gasteiger partial charge in [0.05, 0.1) is 11.9 Å². The van der Waals surface area contributed by atoms with Gasteiger partial charge in [-0.3, -0.25) is 4.79 Å². The highest BCUT2D eigenvalue weighted by Crippen LogP contribution is 2.25. The molecule has 0 saturated carbocycles. The highest BCUT2D eigenvalue weighted by atomic mass is 19.1. The normalized spacial score (nSPS) is 17.7. The molecule has 0 bridgehead atoms. The molecule has 3 aromatic rings. The van der Waals surface area contributed by atoms with Crippen molar-refractivity contribution in [1.82, 2.24) is 19.9 Å². The summed E-state index contributed by atoms with van der Waals surface area (Å²) in [4.78, 5) is 16.5. The van der Waals surface area contributed by atoms with Crippen LogP contribution in [0.5, 0.6) is 0 Å². The standard InChI is InChI=1S/C17H16FN5O/c18-12-5-2-1-4-11(12)14-10-16(23-15(22-14)7-9-20-23)21-13-6-3-8-19-17(13)24/h1-2,4-5,7,9-10,13,21H,3,6,8H2,(H,19,24). The maximum atomic E-state index is 14.1. The molecule has 2 aromatic heterocycles. The number of piperidine rings is 1. The summed E-state index contributed by atoms with van der Waals surface area (Å²) < 4.78 is 15.7. The van der Waals surface area contributed by atoms with E-state index in [0.717, 1.165) is 12.8 Å². The van der Waals surface area contributed by atoms with Crippen molar-refractivity contribution in [3.05, 3.63) is 48.4 Å². The molecule has 1 atom stereocenters. The average Bonchev–Trinajstić information content (AvgIpc) is 3.06. The van der Waals surface area contributed by atoms with Crippen molar-refractivity contribution in [2.45, 2.75) is 18.9 Å². The number of rotatable bonds is 3. The number of halogens is 1. The molecular weight excluding hydrogens is 309 g/mol. The van der Waals surface area contributed by atoms with E-state index in [4.69, 9.17) is 0 Å². The van der Waals surface area contributed by atoms with E-state index in [1.165, 1.54) is 6.07 Å². The van der Waals surface area contributed by atoms with Crippen LogP contribution in [-0.2, 0) is 4.79 Å². The maximum absolute atomic E-state index is 14.1. The Balaban J connectivity index is 1.78. The van der Waals surface area contributed by atoms with E-state index in [-0.39, 0.29) is 17.8 Å². The van der Waals surface area contributed by atoms with Gasteiger partial charge in [-0.1, -0.05) is 12.1 Å². The van der Waals surface area contributed by atoms with E-state index in [9.17, 15) is 9.18 Å². The number of aromatic nitrogens is 3. The summed E-state index contributed by atoms with van der Waals surface area (Å²) in [6, 6.07) is 9.63. The van der Waals surface area contributed by atoms with Gasteiger partial charge >= 0.3 is 0 Å². The Hall–Kier alpha value is -2.96. The minimum Gasteiger partial charge on any atom is -0.358 e. The van der Waals surface area contributed by atoms with E-state index in [1.807, 2.05) is 0 Å². The third kappa shape index (κ3) is 2.58. The van der Waals surface area contributed by atoms with Gasteiger partial charge < -0.3 is 10.6 Å². The Morgan fingerprint density at radius 2 is 2.17 bits per heavy atom. The molecule has 24 heavy (non-hydrogen) atoms. The molecule has 1 amide bonds. The summed E-state index contributed by atoms with van der Waals surface area (Å²) in [6.45, 7) is 0.699. The number of hydrogen-bond acceptors (Lipinski definition) is 4. The molecule has 0 aliphatic carbocycles. The predicted molar refractivity (Wildman–Crippen MR) is 88.0 cm³/mol. The number of benzene rings is 1. The van der Waals surface area contributed by atoms with Gasteiger partial charge in [0.25, 0.3) is 0 Å². The molecule has 4 rings (SSSR count). The molecule has 1 aromatic carbocycles. The van der Waals surface area contributed by atoms with Gasteiger partial charge in [-0.05, 0) is 25.0 Å². The topological polar surface area (TPSA) is 71.3 Å².